The Balaban J connectivity index is -0.000000381. The first-order chi connectivity index (χ1) is 14.7. The molecule has 1 nitrogen and oxygen atoms in total. The van der Waals surface area contributed by atoms with Crippen molar-refractivity contribution < 1.29 is 44.6 Å². The minimum absolute atomic E-state index is 0. The van der Waals surface area contributed by atoms with Gasteiger partial charge in [0.2, 0.25) is 0 Å². The monoisotopic (exact) mass is 859 g/mol. The van der Waals surface area contributed by atoms with Crippen molar-refractivity contribution in [3.63, 3.8) is 0 Å². The van der Waals surface area contributed by atoms with Crippen molar-refractivity contribution in [2.45, 2.75) is 69.2 Å². The van der Waals surface area contributed by atoms with E-state index in [9.17, 15) is 0 Å². The number of hydrogen-bond acceptors (Lipinski definition) is 1. The molecule has 2 saturated carbocycles. The molecule has 12 radical (unpaired) electrons. The van der Waals surface area contributed by atoms with Crippen molar-refractivity contribution >= 4 is 15.8 Å². The molecule has 0 aromatic carbocycles. The van der Waals surface area contributed by atoms with Crippen molar-refractivity contribution in [3.05, 3.63) is 83.8 Å². The van der Waals surface area contributed by atoms with E-state index >= 15 is 0 Å². The summed E-state index contributed by atoms with van der Waals surface area (Å²) in [6, 6.07) is 3.49. The van der Waals surface area contributed by atoms with Crippen molar-refractivity contribution in [1.82, 2.24) is 0 Å². The van der Waals surface area contributed by atoms with E-state index in [0.29, 0.717) is 15.8 Å². The van der Waals surface area contributed by atoms with E-state index in [4.69, 9.17) is 0 Å². The fourth-order valence-electron chi connectivity index (χ4n) is 3.57. The fourth-order valence-corrected chi connectivity index (χ4v) is 8.10. The molecule has 34 heavy (non-hydrogen) atoms. The van der Waals surface area contributed by atoms with Crippen molar-refractivity contribution in [3.8, 4) is 0 Å². The Kier molecular flexibility index (Phi) is 24.0. The molecule has 198 valence electrons. The predicted octanol–water partition coefficient (Wildman–Crippen LogP) is 9.45. The van der Waals surface area contributed by atoms with E-state index < -0.39 is 0 Å². The molecule has 2 aliphatic rings. The standard InChI is InChI=1S/2C10H15.C5H14P2.C4H3O.2Ir/c2*1-6-7(2)9(4)10(5)8(6)3;1-6(2)5-7(3)4;1-2-4-5-3-1;;/h2*1-5H3;5H2,1-4H3;1-3H;;/q;;;-1;;. The molecule has 0 unspecified atom stereocenters. The maximum Gasteiger partial charge on any atom is 0 e. The van der Waals surface area contributed by atoms with Crippen LogP contribution in [0.25, 0.3) is 0 Å². The Labute approximate surface area is 244 Å². The van der Waals surface area contributed by atoms with Crippen LogP contribution in [0.4, 0.5) is 0 Å². The van der Waals surface area contributed by atoms with E-state index in [1.807, 2.05) is 0 Å². The first kappa shape index (κ1) is 39.9. The second-order valence-electron chi connectivity index (χ2n) is 9.28. The zero-order valence-electron chi connectivity index (χ0n) is 23.9. The minimum atomic E-state index is 0. The molecule has 2 aliphatic carbocycles. The molecule has 0 bridgehead atoms. The Bertz CT molecular complexity index is 424. The summed E-state index contributed by atoms with van der Waals surface area (Å²) >= 11 is 0. The summed E-state index contributed by atoms with van der Waals surface area (Å²) in [6.45, 7) is 31.4. The Morgan fingerprint density at radius 3 is 0.824 bits per heavy atom. The van der Waals surface area contributed by atoms with Gasteiger partial charge in [-0.25, -0.2) is 0 Å². The SMILES string of the molecule is CP(C)CP(C)C.C[C]1[C](C)[C](C)[C](C)[C]1C.C[C]1[C](C)[C](C)[C](C)[C]1C.[Ir].[Ir].[c-]1ccco1. The summed E-state index contributed by atoms with van der Waals surface area (Å²) in [5.74, 6) is 16.2. The van der Waals surface area contributed by atoms with Crippen LogP contribution in [-0.4, -0.2) is 32.6 Å². The summed E-state index contributed by atoms with van der Waals surface area (Å²) in [5.41, 5.74) is 0. The molecule has 0 amide bonds. The van der Waals surface area contributed by atoms with E-state index in [1.54, 1.807) is 18.4 Å². The quantitative estimate of drug-likeness (QED) is 0.214. The zero-order valence-corrected chi connectivity index (χ0v) is 30.5. The molecule has 0 aliphatic heterocycles. The van der Waals surface area contributed by atoms with E-state index in [2.05, 4.69) is 107 Å². The van der Waals surface area contributed by atoms with Gasteiger partial charge in [0.25, 0.3) is 0 Å². The summed E-state index contributed by atoms with van der Waals surface area (Å²) < 4.78 is 4.46. The largest absolute Gasteiger partial charge is 0.599 e. The summed E-state index contributed by atoms with van der Waals surface area (Å²) in [7, 11) is 0.778. The summed E-state index contributed by atoms with van der Waals surface area (Å²) in [6.07, 6.45) is 4.06. The van der Waals surface area contributed by atoms with Gasteiger partial charge in [-0.3, -0.25) is 0 Å². The van der Waals surface area contributed by atoms with Crippen LogP contribution >= 0.6 is 15.8 Å². The van der Waals surface area contributed by atoms with Gasteiger partial charge in [-0.1, -0.05) is 75.5 Å². The number of hydrogen-bond donors (Lipinski definition) is 0. The van der Waals surface area contributed by atoms with Gasteiger partial charge in [-0.2, -0.15) is 6.07 Å². The first-order valence-electron chi connectivity index (χ1n) is 11.3. The van der Waals surface area contributed by atoms with Crippen LogP contribution in [0.15, 0.2) is 22.8 Å². The normalized spacial score (nSPS) is 20.2. The molecule has 1 aromatic heterocycles. The van der Waals surface area contributed by atoms with E-state index in [0.717, 1.165) is 0 Å². The van der Waals surface area contributed by atoms with Gasteiger partial charge >= 0.3 is 0 Å². The predicted molar refractivity (Wildman–Crippen MR) is 149 cm³/mol. The summed E-state index contributed by atoms with van der Waals surface area (Å²) in [4.78, 5) is 0. The van der Waals surface area contributed by atoms with Crippen LogP contribution in [0.5, 0.6) is 0 Å². The van der Waals surface area contributed by atoms with Gasteiger partial charge in [0.1, 0.15) is 0 Å². The molecule has 2 fully saturated rings. The van der Waals surface area contributed by atoms with Gasteiger partial charge in [-0.05, 0) is 98.0 Å². The molecule has 3 rings (SSSR count). The average Bonchev–Trinajstić information content (AvgIpc) is 3.41. The van der Waals surface area contributed by atoms with Gasteiger partial charge in [0.05, 0.1) is 0 Å². The molecule has 1 heterocycles. The van der Waals surface area contributed by atoms with Crippen molar-refractivity contribution in [1.29, 1.82) is 0 Å². The van der Waals surface area contributed by atoms with Gasteiger partial charge < -0.3 is 4.42 Å². The van der Waals surface area contributed by atoms with Crippen LogP contribution in [-0.2, 0) is 40.2 Å². The van der Waals surface area contributed by atoms with Crippen LogP contribution in [0.1, 0.15) is 69.2 Å². The second-order valence-corrected chi connectivity index (χ2v) is 14.7. The van der Waals surface area contributed by atoms with E-state index in [-0.39, 0.29) is 40.2 Å². The molecule has 0 N–H and O–H groups in total. The minimum Gasteiger partial charge on any atom is -0.599 e. The molecule has 0 saturated heterocycles. The Morgan fingerprint density at radius 1 is 0.529 bits per heavy atom. The maximum atomic E-state index is 4.46. The first-order valence-corrected chi connectivity index (χ1v) is 16.2. The van der Waals surface area contributed by atoms with Gasteiger partial charge in [0.15, 0.2) is 0 Å². The Hall–Kier alpha value is 1.44. The smallest absolute Gasteiger partial charge is 0 e. The Morgan fingerprint density at radius 2 is 0.765 bits per heavy atom. The average molecular weight is 858 g/mol. The molecule has 5 heteroatoms. The van der Waals surface area contributed by atoms with E-state index in [1.165, 1.54) is 65.1 Å². The molecular weight excluding hydrogens is 811 g/mol. The van der Waals surface area contributed by atoms with Crippen molar-refractivity contribution in [2.24, 2.45) is 0 Å². The topological polar surface area (TPSA) is 13.1 Å². The van der Waals surface area contributed by atoms with Crippen LogP contribution < -0.4 is 0 Å². The molecule has 0 spiro atoms. The zero-order chi connectivity index (χ0) is 25.2. The molecule has 0 atom stereocenters. The van der Waals surface area contributed by atoms with Gasteiger partial charge in [-0.15, -0.1) is 21.9 Å². The third-order valence-corrected chi connectivity index (χ3v) is 11.1. The van der Waals surface area contributed by atoms with Gasteiger partial charge in [0, 0.05) is 40.2 Å². The van der Waals surface area contributed by atoms with Crippen LogP contribution in [0.3, 0.4) is 0 Å². The van der Waals surface area contributed by atoms with Crippen molar-refractivity contribution in [2.75, 3.05) is 32.6 Å². The fraction of sp³-hybridized carbons (Fsp3) is 0.517. The second kappa shape index (κ2) is 20.4. The maximum absolute atomic E-state index is 4.46. The third kappa shape index (κ3) is 13.8. The summed E-state index contributed by atoms with van der Waals surface area (Å²) in [5, 5.41) is 0. The van der Waals surface area contributed by atoms with Crippen LogP contribution in [0, 0.1) is 65.4 Å². The molecular formula is C29H47Ir2OP2-. The third-order valence-electron chi connectivity index (χ3n) is 6.57. The molecule has 1 aromatic rings. The number of rotatable bonds is 2. The van der Waals surface area contributed by atoms with Crippen LogP contribution in [0.2, 0.25) is 0 Å². The number of furan rings is 1.